The number of halogens is 1. The molecule has 0 N–H and O–H groups in total. The van der Waals surface area contributed by atoms with Crippen LogP contribution in [0.25, 0.3) is 0 Å². The first-order chi connectivity index (χ1) is 8.15. The zero-order valence-electron chi connectivity index (χ0n) is 10.6. The average molecular weight is 259 g/mol. The van der Waals surface area contributed by atoms with Gasteiger partial charge >= 0.3 is 0 Å². The predicted molar refractivity (Wildman–Crippen MR) is 67.4 cm³/mol. The minimum atomic E-state index is -0.0434. The van der Waals surface area contributed by atoms with Crippen molar-refractivity contribution in [3.8, 4) is 0 Å². The number of aryl methyl sites for hydroxylation is 1. The van der Waals surface area contributed by atoms with E-state index in [4.69, 9.17) is 16.1 Å². The summed E-state index contributed by atoms with van der Waals surface area (Å²) in [4.78, 5) is 14.2. The molecule has 0 aliphatic heterocycles. The summed E-state index contributed by atoms with van der Waals surface area (Å²) in [6, 6.07) is 0.218. The zero-order valence-corrected chi connectivity index (χ0v) is 11.3. The van der Waals surface area contributed by atoms with Crippen LogP contribution in [0, 0.1) is 6.92 Å². The summed E-state index contributed by atoms with van der Waals surface area (Å²) in [6.45, 7) is 6.44. The van der Waals surface area contributed by atoms with E-state index in [1.165, 1.54) is 6.20 Å². The molecule has 1 rings (SSSR count). The van der Waals surface area contributed by atoms with Crippen LogP contribution in [0.15, 0.2) is 10.7 Å². The summed E-state index contributed by atoms with van der Waals surface area (Å²) in [6.07, 6.45) is 3.31. The molecule has 0 unspecified atom stereocenters. The van der Waals surface area contributed by atoms with Crippen molar-refractivity contribution in [3.05, 3.63) is 17.5 Å². The fourth-order valence-electron chi connectivity index (χ4n) is 1.93. The average Bonchev–Trinajstić information content (AvgIpc) is 2.75. The highest BCUT2D eigenvalue weighted by Crippen LogP contribution is 2.16. The fourth-order valence-corrected chi connectivity index (χ4v) is 2.11. The van der Waals surface area contributed by atoms with Gasteiger partial charge in [-0.2, -0.15) is 0 Å². The van der Waals surface area contributed by atoms with Gasteiger partial charge in [-0.25, -0.2) is 0 Å². The fraction of sp³-hybridized carbons (Fsp3) is 0.667. The summed E-state index contributed by atoms with van der Waals surface area (Å²) in [5.41, 5.74) is 0.530. The van der Waals surface area contributed by atoms with Crippen LogP contribution in [0.2, 0.25) is 0 Å². The molecule has 0 aromatic carbocycles. The number of alkyl halides is 1. The number of amides is 1. The van der Waals surface area contributed by atoms with Crippen molar-refractivity contribution < 1.29 is 9.32 Å². The molecule has 1 aromatic heterocycles. The Morgan fingerprint density at radius 3 is 2.59 bits per heavy atom. The van der Waals surface area contributed by atoms with Crippen LogP contribution in [0.1, 0.15) is 42.8 Å². The first kappa shape index (κ1) is 14.0. The van der Waals surface area contributed by atoms with Gasteiger partial charge in [0.1, 0.15) is 11.3 Å². The van der Waals surface area contributed by atoms with Gasteiger partial charge in [0.15, 0.2) is 0 Å². The van der Waals surface area contributed by atoms with Crippen molar-refractivity contribution in [2.24, 2.45) is 0 Å². The topological polar surface area (TPSA) is 46.3 Å². The van der Waals surface area contributed by atoms with Gasteiger partial charge in [0, 0.05) is 18.5 Å². The minimum absolute atomic E-state index is 0.0434. The highest BCUT2D eigenvalue weighted by molar-refractivity contribution is 6.18. The minimum Gasteiger partial charge on any atom is -0.361 e. The Balaban J connectivity index is 2.91. The summed E-state index contributed by atoms with van der Waals surface area (Å²) in [5.74, 6) is 0.950. The lowest BCUT2D eigenvalue weighted by Gasteiger charge is -2.29. The zero-order chi connectivity index (χ0) is 12.8. The normalized spacial score (nSPS) is 10.9. The molecule has 0 aliphatic carbocycles. The molecule has 1 amide bonds. The summed E-state index contributed by atoms with van der Waals surface area (Å²) in [7, 11) is 0. The lowest BCUT2D eigenvalue weighted by atomic mass is 10.1. The van der Waals surface area contributed by atoms with E-state index in [2.05, 4.69) is 19.0 Å². The molecule has 0 bridgehead atoms. The van der Waals surface area contributed by atoms with Crippen LogP contribution >= 0.6 is 11.6 Å². The summed E-state index contributed by atoms with van der Waals surface area (Å²) < 4.78 is 4.93. The Labute approximate surface area is 107 Å². The molecule has 0 radical (unpaired) electrons. The Morgan fingerprint density at radius 2 is 2.18 bits per heavy atom. The van der Waals surface area contributed by atoms with Crippen molar-refractivity contribution in [2.75, 3.05) is 12.4 Å². The molecule has 0 saturated heterocycles. The lowest BCUT2D eigenvalue weighted by molar-refractivity contribution is 0.0680. The van der Waals surface area contributed by atoms with E-state index in [0.717, 1.165) is 12.8 Å². The Kier molecular flexibility index (Phi) is 5.48. The van der Waals surface area contributed by atoms with E-state index in [-0.39, 0.29) is 11.9 Å². The molecule has 0 aliphatic rings. The van der Waals surface area contributed by atoms with Gasteiger partial charge in [0.25, 0.3) is 5.91 Å². The molecule has 1 aromatic rings. The molecule has 5 heteroatoms. The number of aromatic nitrogens is 1. The molecular formula is C12H19ClN2O2. The lowest BCUT2D eigenvalue weighted by Crippen LogP contribution is -2.41. The van der Waals surface area contributed by atoms with Crippen LogP contribution in [0.3, 0.4) is 0 Å². The van der Waals surface area contributed by atoms with Gasteiger partial charge < -0.3 is 9.42 Å². The van der Waals surface area contributed by atoms with Crippen LogP contribution in [0.4, 0.5) is 0 Å². The van der Waals surface area contributed by atoms with Crippen molar-refractivity contribution in [2.45, 2.75) is 39.7 Å². The molecule has 17 heavy (non-hydrogen) atoms. The third-order valence-corrected chi connectivity index (χ3v) is 3.12. The summed E-state index contributed by atoms with van der Waals surface area (Å²) in [5, 5.41) is 3.64. The quantitative estimate of drug-likeness (QED) is 0.737. The molecule has 0 fully saturated rings. The van der Waals surface area contributed by atoms with Crippen LogP contribution < -0.4 is 0 Å². The Morgan fingerprint density at radius 1 is 1.53 bits per heavy atom. The smallest absolute Gasteiger partial charge is 0.259 e. The highest BCUT2D eigenvalue weighted by Gasteiger charge is 2.24. The van der Waals surface area contributed by atoms with E-state index in [1.807, 2.05) is 4.90 Å². The van der Waals surface area contributed by atoms with Crippen molar-refractivity contribution in [3.63, 3.8) is 0 Å². The van der Waals surface area contributed by atoms with Gasteiger partial charge in [0.2, 0.25) is 0 Å². The first-order valence-electron chi connectivity index (χ1n) is 5.93. The van der Waals surface area contributed by atoms with Crippen LogP contribution in [-0.2, 0) is 0 Å². The van der Waals surface area contributed by atoms with E-state index in [1.54, 1.807) is 6.92 Å². The van der Waals surface area contributed by atoms with Crippen LogP contribution in [0.5, 0.6) is 0 Å². The Hall–Kier alpha value is -1.03. The van der Waals surface area contributed by atoms with Crippen molar-refractivity contribution in [1.29, 1.82) is 0 Å². The number of nitrogens with zero attached hydrogens (tertiary/aromatic N) is 2. The van der Waals surface area contributed by atoms with E-state index in [0.29, 0.717) is 23.7 Å². The predicted octanol–water partition coefficient (Wildman–Crippen LogP) is 2.85. The SMILES string of the molecule is CCC(CC)N(CCCl)C(=O)c1cnoc1C. The largest absolute Gasteiger partial charge is 0.361 e. The van der Waals surface area contributed by atoms with Gasteiger partial charge in [-0.1, -0.05) is 19.0 Å². The highest BCUT2D eigenvalue weighted by atomic mass is 35.5. The number of rotatable bonds is 6. The maximum absolute atomic E-state index is 12.3. The van der Waals surface area contributed by atoms with Crippen molar-refractivity contribution in [1.82, 2.24) is 10.1 Å². The first-order valence-corrected chi connectivity index (χ1v) is 6.47. The molecule has 1 heterocycles. The number of carbonyl (C=O) groups excluding carboxylic acids is 1. The second-order valence-electron chi connectivity index (χ2n) is 3.95. The second-order valence-corrected chi connectivity index (χ2v) is 4.33. The molecular weight excluding hydrogens is 240 g/mol. The molecule has 0 atom stereocenters. The third-order valence-electron chi connectivity index (χ3n) is 2.95. The van der Waals surface area contributed by atoms with Gasteiger partial charge in [-0.05, 0) is 19.8 Å². The number of hydrogen-bond donors (Lipinski definition) is 0. The standard InChI is InChI=1S/C12H19ClN2O2/c1-4-10(5-2)15(7-6-13)12(16)11-8-14-17-9(11)3/h8,10H,4-7H2,1-3H3. The van der Waals surface area contributed by atoms with Crippen molar-refractivity contribution >= 4 is 17.5 Å². The summed E-state index contributed by atoms with van der Waals surface area (Å²) >= 11 is 5.77. The number of hydrogen-bond acceptors (Lipinski definition) is 3. The van der Waals surface area contributed by atoms with E-state index in [9.17, 15) is 4.79 Å². The second kappa shape index (κ2) is 6.64. The van der Waals surface area contributed by atoms with Gasteiger partial charge in [-0.3, -0.25) is 4.79 Å². The molecule has 0 spiro atoms. The number of carbonyl (C=O) groups is 1. The van der Waals surface area contributed by atoms with E-state index < -0.39 is 0 Å². The van der Waals surface area contributed by atoms with Crippen LogP contribution in [-0.4, -0.2) is 34.4 Å². The third kappa shape index (κ3) is 3.22. The van der Waals surface area contributed by atoms with Gasteiger partial charge in [0.05, 0.1) is 6.20 Å². The van der Waals surface area contributed by atoms with E-state index >= 15 is 0 Å². The molecule has 0 saturated carbocycles. The maximum Gasteiger partial charge on any atom is 0.259 e. The Bertz CT molecular complexity index is 361. The van der Waals surface area contributed by atoms with Gasteiger partial charge in [-0.15, -0.1) is 11.6 Å². The monoisotopic (exact) mass is 258 g/mol. The maximum atomic E-state index is 12.3. The molecule has 96 valence electrons. The molecule has 4 nitrogen and oxygen atoms in total.